The molecular weight excluding hydrogens is 360 g/mol. The SMILES string of the molecule is COc1cc2nccc(Oc3ccc(C(=O)O)c(Cl)c3)c2cc1NC=O. The number of hydrogen-bond donors (Lipinski definition) is 2. The van der Waals surface area contributed by atoms with Crippen LogP contribution < -0.4 is 14.8 Å². The van der Waals surface area contributed by atoms with Crippen LogP contribution in [0.5, 0.6) is 17.2 Å². The average molecular weight is 373 g/mol. The molecule has 2 N–H and O–H groups in total. The van der Waals surface area contributed by atoms with Gasteiger partial charge in [-0.05, 0) is 24.3 Å². The fourth-order valence-corrected chi connectivity index (χ4v) is 2.69. The second kappa shape index (κ2) is 7.28. The molecule has 0 aliphatic carbocycles. The number of nitrogens with zero attached hydrogens (tertiary/aromatic N) is 1. The summed E-state index contributed by atoms with van der Waals surface area (Å²) in [6.07, 6.45) is 2.11. The van der Waals surface area contributed by atoms with Gasteiger partial charge >= 0.3 is 5.97 Å². The van der Waals surface area contributed by atoms with Crippen LogP contribution in [0, 0.1) is 0 Å². The van der Waals surface area contributed by atoms with E-state index in [9.17, 15) is 9.59 Å². The molecule has 3 aromatic rings. The minimum atomic E-state index is -1.12. The van der Waals surface area contributed by atoms with Crippen LogP contribution >= 0.6 is 11.6 Å². The third kappa shape index (κ3) is 3.38. The van der Waals surface area contributed by atoms with Crippen LogP contribution in [-0.4, -0.2) is 29.6 Å². The number of carbonyl (C=O) groups is 2. The van der Waals surface area contributed by atoms with Gasteiger partial charge in [0.2, 0.25) is 6.41 Å². The molecule has 0 aliphatic rings. The number of rotatable bonds is 6. The molecule has 1 aromatic heterocycles. The number of aromatic carboxylic acids is 1. The number of aromatic nitrogens is 1. The van der Waals surface area contributed by atoms with E-state index in [4.69, 9.17) is 26.2 Å². The number of hydrogen-bond acceptors (Lipinski definition) is 5. The molecule has 0 saturated carbocycles. The standard InChI is InChI=1S/C18H13ClN2O5/c1-25-17-8-14-12(7-15(17)21-9-22)16(4-5-20-14)26-10-2-3-11(18(23)24)13(19)6-10/h2-9H,1H3,(H,21,22)(H,23,24). The summed E-state index contributed by atoms with van der Waals surface area (Å²) in [5, 5.41) is 12.3. The molecule has 26 heavy (non-hydrogen) atoms. The lowest BCUT2D eigenvalue weighted by molar-refractivity contribution is -0.105. The zero-order chi connectivity index (χ0) is 18.7. The van der Waals surface area contributed by atoms with E-state index in [0.29, 0.717) is 40.2 Å². The highest BCUT2D eigenvalue weighted by molar-refractivity contribution is 6.33. The first kappa shape index (κ1) is 17.5. The van der Waals surface area contributed by atoms with Crippen molar-refractivity contribution in [1.82, 2.24) is 4.98 Å². The largest absolute Gasteiger partial charge is 0.494 e. The minimum absolute atomic E-state index is 0.0131. The van der Waals surface area contributed by atoms with Gasteiger partial charge in [-0.1, -0.05) is 11.6 Å². The zero-order valence-electron chi connectivity index (χ0n) is 13.5. The molecule has 2 aromatic carbocycles. The first-order chi connectivity index (χ1) is 12.5. The number of pyridine rings is 1. The Balaban J connectivity index is 2.05. The molecule has 0 unspecified atom stereocenters. The van der Waals surface area contributed by atoms with Gasteiger partial charge in [0, 0.05) is 23.7 Å². The highest BCUT2D eigenvalue weighted by Crippen LogP contribution is 2.36. The minimum Gasteiger partial charge on any atom is -0.494 e. The quantitative estimate of drug-likeness (QED) is 0.636. The maximum absolute atomic E-state index is 11.0. The molecule has 0 atom stereocenters. The molecule has 0 radical (unpaired) electrons. The van der Waals surface area contributed by atoms with Crippen LogP contribution in [0.4, 0.5) is 5.69 Å². The van der Waals surface area contributed by atoms with E-state index in [2.05, 4.69) is 10.3 Å². The third-order valence-corrected chi connectivity index (χ3v) is 3.95. The Hall–Kier alpha value is -3.32. The number of fused-ring (bicyclic) bond motifs is 1. The van der Waals surface area contributed by atoms with Crippen LogP contribution in [0.15, 0.2) is 42.6 Å². The number of carbonyl (C=O) groups excluding carboxylic acids is 1. The Morgan fingerprint density at radius 1 is 1.23 bits per heavy atom. The van der Waals surface area contributed by atoms with Crippen molar-refractivity contribution in [1.29, 1.82) is 0 Å². The average Bonchev–Trinajstić information content (AvgIpc) is 2.61. The lowest BCUT2D eigenvalue weighted by atomic mass is 10.1. The smallest absolute Gasteiger partial charge is 0.337 e. The van der Waals surface area contributed by atoms with Gasteiger partial charge in [0.05, 0.1) is 28.9 Å². The van der Waals surface area contributed by atoms with E-state index in [1.807, 2.05) is 0 Å². The van der Waals surface area contributed by atoms with E-state index in [1.165, 1.54) is 25.3 Å². The summed E-state index contributed by atoms with van der Waals surface area (Å²) < 4.78 is 11.1. The third-order valence-electron chi connectivity index (χ3n) is 3.64. The van der Waals surface area contributed by atoms with Crippen LogP contribution in [0.2, 0.25) is 5.02 Å². The Kier molecular flexibility index (Phi) is 4.90. The first-order valence-electron chi connectivity index (χ1n) is 7.41. The van der Waals surface area contributed by atoms with E-state index in [0.717, 1.165) is 0 Å². The molecule has 0 aliphatic heterocycles. The van der Waals surface area contributed by atoms with Gasteiger partial charge < -0.3 is 19.9 Å². The van der Waals surface area contributed by atoms with Gasteiger partial charge in [-0.25, -0.2) is 4.79 Å². The van der Waals surface area contributed by atoms with Crippen molar-refractivity contribution >= 4 is 40.6 Å². The number of ether oxygens (including phenoxy) is 2. The zero-order valence-corrected chi connectivity index (χ0v) is 14.3. The normalized spacial score (nSPS) is 10.4. The molecule has 0 bridgehead atoms. The Bertz CT molecular complexity index is 1010. The Morgan fingerprint density at radius 3 is 2.69 bits per heavy atom. The number of nitrogens with one attached hydrogen (secondary N) is 1. The van der Waals surface area contributed by atoms with Crippen molar-refractivity contribution in [2.24, 2.45) is 0 Å². The van der Waals surface area contributed by atoms with Crippen molar-refractivity contribution in [3.63, 3.8) is 0 Å². The van der Waals surface area contributed by atoms with Gasteiger partial charge in [-0.15, -0.1) is 0 Å². The summed E-state index contributed by atoms with van der Waals surface area (Å²) in [5.74, 6) is 0.176. The Labute approximate surface area is 153 Å². The van der Waals surface area contributed by atoms with Crippen molar-refractivity contribution in [3.8, 4) is 17.2 Å². The highest BCUT2D eigenvalue weighted by Gasteiger charge is 2.13. The lowest BCUT2D eigenvalue weighted by Crippen LogP contribution is -1.99. The molecule has 1 amide bonds. The van der Waals surface area contributed by atoms with E-state index in [1.54, 1.807) is 24.4 Å². The molecule has 0 spiro atoms. The Morgan fingerprint density at radius 2 is 2.04 bits per heavy atom. The molecule has 7 nitrogen and oxygen atoms in total. The predicted molar refractivity (Wildman–Crippen MR) is 96.5 cm³/mol. The van der Waals surface area contributed by atoms with Gasteiger partial charge in [-0.2, -0.15) is 0 Å². The molecular formula is C18H13ClN2O5. The van der Waals surface area contributed by atoms with Crippen molar-refractivity contribution in [2.45, 2.75) is 0 Å². The van der Waals surface area contributed by atoms with E-state index < -0.39 is 5.97 Å². The van der Waals surface area contributed by atoms with Crippen molar-refractivity contribution in [3.05, 3.63) is 53.2 Å². The fourth-order valence-electron chi connectivity index (χ4n) is 2.44. The summed E-state index contributed by atoms with van der Waals surface area (Å²) in [4.78, 5) is 26.1. The van der Waals surface area contributed by atoms with E-state index in [-0.39, 0.29) is 10.6 Å². The van der Waals surface area contributed by atoms with Crippen LogP contribution in [-0.2, 0) is 4.79 Å². The van der Waals surface area contributed by atoms with Gasteiger partial charge in [0.1, 0.15) is 17.2 Å². The summed E-state index contributed by atoms with van der Waals surface area (Å²) >= 11 is 5.98. The van der Waals surface area contributed by atoms with Gasteiger partial charge in [0.15, 0.2) is 0 Å². The molecule has 132 valence electrons. The van der Waals surface area contributed by atoms with Crippen LogP contribution in [0.25, 0.3) is 10.9 Å². The van der Waals surface area contributed by atoms with Crippen molar-refractivity contribution < 1.29 is 24.2 Å². The van der Waals surface area contributed by atoms with Crippen LogP contribution in [0.3, 0.4) is 0 Å². The summed E-state index contributed by atoms with van der Waals surface area (Å²) in [5.41, 5.74) is 1.05. The molecule has 0 saturated heterocycles. The maximum Gasteiger partial charge on any atom is 0.337 e. The second-order valence-electron chi connectivity index (χ2n) is 5.19. The summed E-state index contributed by atoms with van der Waals surface area (Å²) in [6.45, 7) is 0. The lowest BCUT2D eigenvalue weighted by Gasteiger charge is -2.13. The number of methoxy groups -OCH3 is 1. The van der Waals surface area contributed by atoms with Crippen molar-refractivity contribution in [2.75, 3.05) is 12.4 Å². The topological polar surface area (TPSA) is 97.8 Å². The number of carboxylic acid groups (broad SMARTS) is 1. The number of anilines is 1. The number of carboxylic acids is 1. The monoisotopic (exact) mass is 372 g/mol. The summed E-state index contributed by atoms with van der Waals surface area (Å²) in [7, 11) is 1.49. The second-order valence-corrected chi connectivity index (χ2v) is 5.60. The predicted octanol–water partition coefficient (Wildman–Crippen LogP) is 3.96. The molecule has 8 heteroatoms. The number of benzene rings is 2. The number of halogens is 1. The number of amides is 1. The highest BCUT2D eigenvalue weighted by atomic mass is 35.5. The fraction of sp³-hybridized carbons (Fsp3) is 0.0556. The van der Waals surface area contributed by atoms with Gasteiger partial charge in [-0.3, -0.25) is 9.78 Å². The van der Waals surface area contributed by atoms with E-state index >= 15 is 0 Å². The van der Waals surface area contributed by atoms with Crippen LogP contribution in [0.1, 0.15) is 10.4 Å². The summed E-state index contributed by atoms with van der Waals surface area (Å²) in [6, 6.07) is 9.30. The first-order valence-corrected chi connectivity index (χ1v) is 7.79. The molecule has 3 rings (SSSR count). The maximum atomic E-state index is 11.0. The molecule has 0 fully saturated rings. The molecule has 1 heterocycles. The van der Waals surface area contributed by atoms with Gasteiger partial charge in [0.25, 0.3) is 0 Å².